The largest absolute Gasteiger partial charge is 0.385 e. The van der Waals surface area contributed by atoms with Crippen molar-refractivity contribution >= 4 is 0 Å². The van der Waals surface area contributed by atoms with Gasteiger partial charge in [0, 0.05) is 33.9 Å². The Balaban J connectivity index is 0. The minimum Gasteiger partial charge on any atom is -0.385 e. The van der Waals surface area contributed by atoms with E-state index in [2.05, 4.69) is 20.4 Å². The van der Waals surface area contributed by atoms with Crippen LogP contribution >= 0.6 is 0 Å². The fourth-order valence-corrected chi connectivity index (χ4v) is 2.73. The molecule has 0 aliphatic rings. The lowest BCUT2D eigenvalue weighted by atomic mass is 9.88. The minimum atomic E-state index is -0.461. The van der Waals surface area contributed by atoms with Gasteiger partial charge in [0.05, 0.1) is 0 Å². The van der Waals surface area contributed by atoms with E-state index in [-0.39, 0.29) is 0 Å². The van der Waals surface area contributed by atoms with E-state index < -0.39 is 5.79 Å². The number of methoxy groups -OCH3 is 3. The Labute approximate surface area is 145 Å². The van der Waals surface area contributed by atoms with Gasteiger partial charge in [0.25, 0.3) is 0 Å². The van der Waals surface area contributed by atoms with Crippen molar-refractivity contribution in [1.82, 2.24) is 0 Å². The van der Waals surface area contributed by atoms with Gasteiger partial charge in [-0.15, -0.1) is 6.58 Å². The van der Waals surface area contributed by atoms with Crippen molar-refractivity contribution in [3.63, 3.8) is 0 Å². The quantitative estimate of drug-likeness (QED) is 0.223. The lowest BCUT2D eigenvalue weighted by Crippen LogP contribution is -2.39. The van der Waals surface area contributed by atoms with E-state index in [1.165, 1.54) is 44.9 Å². The van der Waals surface area contributed by atoms with Gasteiger partial charge in [0.1, 0.15) is 0 Å². The Bertz CT molecular complexity index is 237. The summed E-state index contributed by atoms with van der Waals surface area (Å²) in [4.78, 5) is 0. The van der Waals surface area contributed by atoms with Crippen molar-refractivity contribution in [1.29, 1.82) is 0 Å². The molecule has 0 radical (unpaired) electrons. The molecule has 0 bridgehead atoms. The van der Waals surface area contributed by atoms with Crippen LogP contribution in [-0.2, 0) is 14.2 Å². The van der Waals surface area contributed by atoms with Crippen molar-refractivity contribution in [2.45, 2.75) is 84.3 Å². The average molecular weight is 331 g/mol. The molecular weight excluding hydrogens is 288 g/mol. The van der Waals surface area contributed by atoms with E-state index in [1.54, 1.807) is 27.4 Å². The van der Waals surface area contributed by atoms with Crippen LogP contribution in [0, 0.1) is 5.92 Å². The van der Waals surface area contributed by atoms with E-state index in [9.17, 15) is 0 Å². The summed E-state index contributed by atoms with van der Waals surface area (Å²) in [6.45, 7) is 10.4. The molecule has 1 unspecified atom stereocenters. The highest BCUT2D eigenvalue weighted by molar-refractivity contribution is 4.75. The summed E-state index contributed by atoms with van der Waals surface area (Å²) in [6, 6.07) is 0. The average Bonchev–Trinajstić information content (AvgIpc) is 2.56. The first-order valence-electron chi connectivity index (χ1n) is 9.22. The molecule has 0 N–H and O–H groups in total. The molecule has 0 heterocycles. The van der Waals surface area contributed by atoms with E-state index in [0.717, 1.165) is 19.4 Å². The van der Waals surface area contributed by atoms with Gasteiger partial charge in [0.2, 0.25) is 0 Å². The third-order valence-electron chi connectivity index (χ3n) is 4.36. The Kier molecular flexibility index (Phi) is 19.4. The number of hydrogen-bond donors (Lipinski definition) is 0. The molecule has 0 amide bonds. The molecule has 0 saturated heterocycles. The molecule has 1 atom stereocenters. The van der Waals surface area contributed by atoms with Crippen LogP contribution in [0.2, 0.25) is 0 Å². The van der Waals surface area contributed by atoms with Crippen molar-refractivity contribution in [2.24, 2.45) is 5.92 Å². The molecule has 0 aromatic heterocycles. The fourth-order valence-electron chi connectivity index (χ4n) is 2.73. The van der Waals surface area contributed by atoms with E-state index in [0.29, 0.717) is 5.92 Å². The zero-order valence-corrected chi connectivity index (χ0v) is 16.7. The van der Waals surface area contributed by atoms with E-state index >= 15 is 0 Å². The molecule has 0 rings (SSSR count). The summed E-state index contributed by atoms with van der Waals surface area (Å²) in [6.07, 6.45) is 13.1. The van der Waals surface area contributed by atoms with Crippen molar-refractivity contribution < 1.29 is 14.2 Å². The van der Waals surface area contributed by atoms with Crippen LogP contribution in [0.15, 0.2) is 12.7 Å². The van der Waals surface area contributed by atoms with Gasteiger partial charge in [-0.1, -0.05) is 51.5 Å². The van der Waals surface area contributed by atoms with Crippen LogP contribution in [0.5, 0.6) is 0 Å². The topological polar surface area (TPSA) is 27.7 Å². The highest BCUT2D eigenvalue weighted by Crippen LogP contribution is 2.31. The summed E-state index contributed by atoms with van der Waals surface area (Å²) in [5, 5.41) is 0. The lowest BCUT2D eigenvalue weighted by Gasteiger charge is -2.35. The second kappa shape index (κ2) is 18.0. The molecule has 0 aliphatic heterocycles. The van der Waals surface area contributed by atoms with Crippen LogP contribution in [0.3, 0.4) is 0 Å². The van der Waals surface area contributed by atoms with Crippen LogP contribution < -0.4 is 0 Å². The van der Waals surface area contributed by atoms with Crippen LogP contribution in [0.25, 0.3) is 0 Å². The molecule has 0 saturated carbocycles. The van der Waals surface area contributed by atoms with Crippen LogP contribution in [0.1, 0.15) is 78.6 Å². The van der Waals surface area contributed by atoms with Crippen molar-refractivity contribution in [3.8, 4) is 0 Å². The second-order valence-electron chi connectivity index (χ2n) is 6.22. The van der Waals surface area contributed by atoms with Crippen molar-refractivity contribution in [2.75, 3.05) is 27.9 Å². The molecule has 3 nitrogen and oxygen atoms in total. The summed E-state index contributed by atoms with van der Waals surface area (Å²) in [5.74, 6) is -0.0178. The van der Waals surface area contributed by atoms with E-state index in [4.69, 9.17) is 14.2 Å². The van der Waals surface area contributed by atoms with E-state index in [1.807, 2.05) is 6.92 Å². The number of rotatable bonds is 14. The normalized spacial score (nSPS) is 12.4. The molecule has 140 valence electrons. The molecule has 0 spiro atoms. The van der Waals surface area contributed by atoms with Crippen molar-refractivity contribution in [3.05, 3.63) is 12.7 Å². The highest BCUT2D eigenvalue weighted by Gasteiger charge is 2.33. The summed E-state index contributed by atoms with van der Waals surface area (Å²) in [5.41, 5.74) is 0. The Hall–Kier alpha value is -0.380. The molecule has 23 heavy (non-hydrogen) atoms. The maximum atomic E-state index is 5.61. The molecule has 0 aliphatic carbocycles. The van der Waals surface area contributed by atoms with Gasteiger partial charge in [0.15, 0.2) is 5.79 Å². The smallest absolute Gasteiger partial charge is 0.167 e. The van der Waals surface area contributed by atoms with Gasteiger partial charge in [-0.3, -0.25) is 0 Å². The third kappa shape index (κ3) is 13.7. The van der Waals surface area contributed by atoms with Crippen LogP contribution in [0.4, 0.5) is 0 Å². The fraction of sp³-hybridized carbons (Fsp3) is 0.900. The molecule has 0 aromatic rings. The molecular formula is C20H42O3. The monoisotopic (exact) mass is 330 g/mol. The highest BCUT2D eigenvalue weighted by atomic mass is 16.7. The lowest BCUT2D eigenvalue weighted by molar-refractivity contribution is -0.230. The first kappa shape index (κ1) is 24.9. The van der Waals surface area contributed by atoms with Gasteiger partial charge in [-0.25, -0.2) is 0 Å². The van der Waals surface area contributed by atoms with Crippen LogP contribution in [-0.4, -0.2) is 33.7 Å². The predicted octanol–water partition coefficient (Wildman–Crippen LogP) is 5.98. The Morgan fingerprint density at radius 1 is 0.913 bits per heavy atom. The molecule has 3 heteroatoms. The van der Waals surface area contributed by atoms with Gasteiger partial charge in [-0.2, -0.15) is 0 Å². The summed E-state index contributed by atoms with van der Waals surface area (Å²) in [7, 11) is 5.25. The SMILES string of the molecule is C=CC.CCCCCCCCC(CCCOC)C(C)(OC)OC. The Morgan fingerprint density at radius 3 is 1.87 bits per heavy atom. The van der Waals surface area contributed by atoms with Gasteiger partial charge < -0.3 is 14.2 Å². The summed E-state index contributed by atoms with van der Waals surface area (Å²) < 4.78 is 16.4. The molecule has 0 aromatic carbocycles. The first-order chi connectivity index (χ1) is 11.1. The maximum Gasteiger partial charge on any atom is 0.167 e. The number of ether oxygens (including phenoxy) is 3. The standard InChI is InChI=1S/C17H36O3.C3H6/c1-6-7-8-9-10-11-13-16(14-12-15-18-3)17(2,19-4)20-5;1-3-2/h16H,6-15H2,1-5H3;3H,1H2,2H3. The predicted molar refractivity (Wildman–Crippen MR) is 101 cm³/mol. The van der Waals surface area contributed by atoms with Gasteiger partial charge >= 0.3 is 0 Å². The Morgan fingerprint density at radius 2 is 1.39 bits per heavy atom. The third-order valence-corrected chi connectivity index (χ3v) is 4.36. The zero-order chi connectivity index (χ0) is 18.0. The second-order valence-corrected chi connectivity index (χ2v) is 6.22. The summed E-state index contributed by atoms with van der Waals surface area (Å²) >= 11 is 0. The minimum absolute atomic E-state index is 0.443. The van der Waals surface area contributed by atoms with Gasteiger partial charge in [-0.05, 0) is 33.1 Å². The number of unbranched alkanes of at least 4 members (excludes halogenated alkanes) is 5. The zero-order valence-electron chi connectivity index (χ0n) is 16.7. The molecule has 0 fully saturated rings. The number of hydrogen-bond acceptors (Lipinski definition) is 3. The maximum absolute atomic E-state index is 5.61. The first-order valence-corrected chi connectivity index (χ1v) is 9.22. The number of allylic oxidation sites excluding steroid dienone is 1.